The van der Waals surface area contributed by atoms with Crippen LogP contribution in [0.15, 0.2) is 36.5 Å². The Balaban J connectivity index is 1.67. The molecule has 0 atom stereocenters. The van der Waals surface area contributed by atoms with Gasteiger partial charge in [-0.2, -0.15) is 0 Å². The Morgan fingerprint density at radius 2 is 1.71 bits per heavy atom. The zero-order chi connectivity index (χ0) is 14.7. The molecule has 1 aromatic heterocycles. The van der Waals surface area contributed by atoms with Crippen molar-refractivity contribution in [1.29, 1.82) is 0 Å². The highest BCUT2D eigenvalue weighted by molar-refractivity contribution is 6.17. The lowest BCUT2D eigenvalue weighted by Gasteiger charge is -2.36. The van der Waals surface area contributed by atoms with Crippen molar-refractivity contribution in [2.45, 2.75) is 12.8 Å². The van der Waals surface area contributed by atoms with Gasteiger partial charge in [-0.05, 0) is 19.1 Å². The molecule has 5 heteroatoms. The summed E-state index contributed by atoms with van der Waals surface area (Å²) < 4.78 is 0. The van der Waals surface area contributed by atoms with E-state index in [-0.39, 0.29) is 0 Å². The fourth-order valence-electron chi connectivity index (χ4n) is 2.57. The minimum absolute atomic E-state index is 0.466. The van der Waals surface area contributed by atoms with Crippen LogP contribution in [0.4, 0.5) is 11.6 Å². The van der Waals surface area contributed by atoms with Gasteiger partial charge in [-0.25, -0.2) is 9.97 Å². The first-order valence-corrected chi connectivity index (χ1v) is 7.75. The maximum Gasteiger partial charge on any atom is 0.225 e. The van der Waals surface area contributed by atoms with Gasteiger partial charge < -0.3 is 9.80 Å². The van der Waals surface area contributed by atoms with Crippen LogP contribution in [-0.4, -0.2) is 36.1 Å². The summed E-state index contributed by atoms with van der Waals surface area (Å²) >= 11 is 5.86. The molecule has 4 nitrogen and oxygen atoms in total. The first kappa shape index (κ1) is 14.1. The average Bonchev–Trinajstić information content (AvgIpc) is 2.56. The van der Waals surface area contributed by atoms with E-state index in [4.69, 9.17) is 11.6 Å². The fourth-order valence-corrected chi connectivity index (χ4v) is 2.83. The van der Waals surface area contributed by atoms with Crippen molar-refractivity contribution in [3.8, 4) is 0 Å². The standard InChI is InChI=1S/C16H19ClN4/c1-13-14(11-17)12-18-16(19-13)21-9-7-20(8-10-21)15-5-3-2-4-6-15/h2-6,12H,7-11H2,1H3. The number of aromatic nitrogens is 2. The number of hydrogen-bond donors (Lipinski definition) is 0. The summed E-state index contributed by atoms with van der Waals surface area (Å²) in [6.45, 7) is 5.85. The number of aryl methyl sites for hydroxylation is 1. The lowest BCUT2D eigenvalue weighted by molar-refractivity contribution is 0.638. The summed E-state index contributed by atoms with van der Waals surface area (Å²) in [7, 11) is 0. The highest BCUT2D eigenvalue weighted by Crippen LogP contribution is 2.19. The first-order chi connectivity index (χ1) is 10.3. The van der Waals surface area contributed by atoms with E-state index in [1.807, 2.05) is 13.1 Å². The van der Waals surface area contributed by atoms with Crippen molar-refractivity contribution in [3.05, 3.63) is 47.8 Å². The summed E-state index contributed by atoms with van der Waals surface area (Å²) in [5.41, 5.74) is 3.26. The maximum absolute atomic E-state index is 5.86. The van der Waals surface area contributed by atoms with Crippen LogP contribution in [0.1, 0.15) is 11.3 Å². The zero-order valence-corrected chi connectivity index (χ0v) is 12.9. The molecular formula is C16H19ClN4. The normalized spacial score (nSPS) is 15.3. The molecule has 2 aromatic rings. The maximum atomic E-state index is 5.86. The van der Waals surface area contributed by atoms with Crippen LogP contribution in [0.3, 0.4) is 0 Å². The Morgan fingerprint density at radius 3 is 2.33 bits per heavy atom. The van der Waals surface area contributed by atoms with Gasteiger partial charge in [-0.3, -0.25) is 0 Å². The molecule has 1 aliphatic rings. The van der Waals surface area contributed by atoms with E-state index < -0.39 is 0 Å². The van der Waals surface area contributed by atoms with Gasteiger partial charge in [0.05, 0.1) is 5.88 Å². The molecule has 0 radical (unpaired) electrons. The van der Waals surface area contributed by atoms with E-state index >= 15 is 0 Å². The summed E-state index contributed by atoms with van der Waals surface area (Å²) in [6.07, 6.45) is 1.84. The summed E-state index contributed by atoms with van der Waals surface area (Å²) in [6, 6.07) is 10.5. The Labute approximate surface area is 130 Å². The Kier molecular flexibility index (Phi) is 4.25. The molecule has 0 spiro atoms. The molecule has 0 saturated carbocycles. The van der Waals surface area contributed by atoms with E-state index in [2.05, 4.69) is 50.1 Å². The quantitative estimate of drug-likeness (QED) is 0.816. The highest BCUT2D eigenvalue weighted by atomic mass is 35.5. The van der Waals surface area contributed by atoms with E-state index in [0.29, 0.717) is 5.88 Å². The molecule has 3 rings (SSSR count). The number of nitrogens with zero attached hydrogens (tertiary/aromatic N) is 4. The predicted octanol–water partition coefficient (Wildman–Crippen LogP) is 2.85. The Morgan fingerprint density at radius 1 is 1.05 bits per heavy atom. The van der Waals surface area contributed by atoms with Gasteiger partial charge in [0.1, 0.15) is 0 Å². The first-order valence-electron chi connectivity index (χ1n) is 7.21. The Bertz CT molecular complexity index is 594. The number of benzene rings is 1. The number of hydrogen-bond acceptors (Lipinski definition) is 4. The van der Waals surface area contributed by atoms with Crippen LogP contribution >= 0.6 is 11.6 Å². The van der Waals surface area contributed by atoms with Gasteiger partial charge in [0, 0.05) is 49.3 Å². The van der Waals surface area contributed by atoms with Crippen molar-refractivity contribution in [2.75, 3.05) is 36.0 Å². The molecular weight excluding hydrogens is 284 g/mol. The third-order valence-electron chi connectivity index (χ3n) is 3.90. The zero-order valence-electron chi connectivity index (χ0n) is 12.2. The largest absolute Gasteiger partial charge is 0.368 e. The van der Waals surface area contributed by atoms with Gasteiger partial charge >= 0.3 is 0 Å². The molecule has 21 heavy (non-hydrogen) atoms. The molecule has 0 unspecified atom stereocenters. The van der Waals surface area contributed by atoms with E-state index in [0.717, 1.165) is 43.4 Å². The molecule has 0 aliphatic carbocycles. The van der Waals surface area contributed by atoms with Crippen molar-refractivity contribution in [2.24, 2.45) is 0 Å². The summed E-state index contributed by atoms with van der Waals surface area (Å²) in [4.78, 5) is 13.7. The lowest BCUT2D eigenvalue weighted by atomic mass is 10.2. The minimum atomic E-state index is 0.466. The number of anilines is 2. The number of piperazine rings is 1. The predicted molar refractivity (Wildman–Crippen MR) is 87.2 cm³/mol. The van der Waals surface area contributed by atoms with Crippen LogP contribution in [0.25, 0.3) is 0 Å². The molecule has 110 valence electrons. The Hall–Kier alpha value is -1.81. The SMILES string of the molecule is Cc1nc(N2CCN(c3ccccc3)CC2)ncc1CCl. The van der Waals surface area contributed by atoms with Gasteiger partial charge in [0.15, 0.2) is 0 Å². The monoisotopic (exact) mass is 302 g/mol. The number of rotatable bonds is 3. The molecule has 1 saturated heterocycles. The molecule has 0 N–H and O–H groups in total. The van der Waals surface area contributed by atoms with Crippen LogP contribution < -0.4 is 9.80 Å². The second kappa shape index (κ2) is 6.31. The summed E-state index contributed by atoms with van der Waals surface area (Å²) in [5.74, 6) is 1.28. The van der Waals surface area contributed by atoms with Crippen molar-refractivity contribution in [3.63, 3.8) is 0 Å². The smallest absolute Gasteiger partial charge is 0.225 e. The molecule has 2 heterocycles. The third-order valence-corrected chi connectivity index (χ3v) is 4.18. The number of para-hydroxylation sites is 1. The van der Waals surface area contributed by atoms with Crippen LogP contribution in [0, 0.1) is 6.92 Å². The average molecular weight is 303 g/mol. The van der Waals surface area contributed by atoms with Crippen molar-refractivity contribution >= 4 is 23.2 Å². The lowest BCUT2D eigenvalue weighted by Crippen LogP contribution is -2.47. The minimum Gasteiger partial charge on any atom is -0.368 e. The van der Waals surface area contributed by atoms with Crippen LogP contribution in [0.5, 0.6) is 0 Å². The van der Waals surface area contributed by atoms with E-state index in [9.17, 15) is 0 Å². The van der Waals surface area contributed by atoms with E-state index in [1.54, 1.807) is 0 Å². The molecule has 1 fully saturated rings. The van der Waals surface area contributed by atoms with Crippen molar-refractivity contribution < 1.29 is 0 Å². The van der Waals surface area contributed by atoms with Gasteiger partial charge in [0.25, 0.3) is 0 Å². The summed E-state index contributed by atoms with van der Waals surface area (Å²) in [5, 5.41) is 0. The molecule has 1 aliphatic heterocycles. The van der Waals surface area contributed by atoms with Crippen molar-refractivity contribution in [1.82, 2.24) is 9.97 Å². The fraction of sp³-hybridized carbons (Fsp3) is 0.375. The number of alkyl halides is 1. The van der Waals surface area contributed by atoms with Gasteiger partial charge in [0.2, 0.25) is 5.95 Å². The van der Waals surface area contributed by atoms with Crippen LogP contribution in [0.2, 0.25) is 0 Å². The second-order valence-corrected chi connectivity index (χ2v) is 5.49. The highest BCUT2D eigenvalue weighted by Gasteiger charge is 2.19. The molecule has 0 bridgehead atoms. The topological polar surface area (TPSA) is 32.3 Å². The van der Waals surface area contributed by atoms with Gasteiger partial charge in [-0.15, -0.1) is 11.6 Å². The molecule has 1 aromatic carbocycles. The van der Waals surface area contributed by atoms with Gasteiger partial charge in [-0.1, -0.05) is 18.2 Å². The third kappa shape index (κ3) is 3.10. The van der Waals surface area contributed by atoms with Crippen LogP contribution in [-0.2, 0) is 5.88 Å². The van der Waals surface area contributed by atoms with E-state index in [1.165, 1.54) is 5.69 Å². The molecule has 0 amide bonds. The second-order valence-electron chi connectivity index (χ2n) is 5.22. The number of halogens is 1.